The van der Waals surface area contributed by atoms with Crippen LogP contribution in [0.15, 0.2) is 24.3 Å². The Hall–Kier alpha value is -0.860. The van der Waals surface area contributed by atoms with Gasteiger partial charge in [-0.25, -0.2) is 0 Å². The van der Waals surface area contributed by atoms with Crippen molar-refractivity contribution in [1.29, 1.82) is 0 Å². The van der Waals surface area contributed by atoms with E-state index in [-0.39, 0.29) is 0 Å². The Morgan fingerprint density at radius 3 is 2.36 bits per heavy atom. The molecule has 0 amide bonds. The molecule has 0 heterocycles. The molecule has 2 heteroatoms. The summed E-state index contributed by atoms with van der Waals surface area (Å²) in [7, 11) is 1.70. The van der Waals surface area contributed by atoms with Crippen molar-refractivity contribution in [1.82, 2.24) is 0 Å². The molecule has 1 aromatic carbocycles. The van der Waals surface area contributed by atoms with Gasteiger partial charge in [0.05, 0.1) is 19.3 Å². The Morgan fingerprint density at radius 2 is 1.79 bits per heavy atom. The van der Waals surface area contributed by atoms with E-state index in [1.165, 1.54) is 11.1 Å². The molecule has 0 atom stereocenters. The van der Waals surface area contributed by atoms with Crippen molar-refractivity contribution in [2.45, 2.75) is 18.9 Å². The van der Waals surface area contributed by atoms with Crippen molar-refractivity contribution in [3.05, 3.63) is 35.4 Å². The van der Waals surface area contributed by atoms with Crippen molar-refractivity contribution < 1.29 is 9.47 Å². The third kappa shape index (κ3) is 2.14. The Bertz CT molecular complexity index is 271. The predicted octanol–water partition coefficient (Wildman–Crippen LogP) is 1.82. The first-order valence-electron chi connectivity index (χ1n) is 5.07. The molecule has 0 spiro atoms. The van der Waals surface area contributed by atoms with Gasteiger partial charge in [0, 0.05) is 7.11 Å². The molecule has 0 radical (unpaired) electrons. The molecule has 2 nitrogen and oxygen atoms in total. The molecule has 76 valence electrons. The maximum absolute atomic E-state index is 5.70. The number of ether oxygens (including phenoxy) is 2. The van der Waals surface area contributed by atoms with E-state index in [2.05, 4.69) is 24.3 Å². The summed E-state index contributed by atoms with van der Waals surface area (Å²) in [5, 5.41) is 0. The summed E-state index contributed by atoms with van der Waals surface area (Å²) in [6.45, 7) is 1.39. The summed E-state index contributed by atoms with van der Waals surface area (Å²) in [6, 6.07) is 8.57. The van der Waals surface area contributed by atoms with Crippen molar-refractivity contribution in [3.63, 3.8) is 0 Å². The van der Waals surface area contributed by atoms with Gasteiger partial charge in [-0.15, -0.1) is 0 Å². The molecular weight excluding hydrogens is 176 g/mol. The molecular formula is C12H16O2. The molecule has 14 heavy (non-hydrogen) atoms. The zero-order valence-corrected chi connectivity index (χ0v) is 8.53. The van der Waals surface area contributed by atoms with E-state index >= 15 is 0 Å². The molecule has 1 aliphatic carbocycles. The number of benzene rings is 1. The standard InChI is InChI=1S/C12H16O2/c1-13-6-7-14-12-8-10-4-2-3-5-11(10)9-12/h2-5,12H,6-9H2,1H3. The second kappa shape index (κ2) is 4.58. The van der Waals surface area contributed by atoms with Gasteiger partial charge in [0.1, 0.15) is 0 Å². The van der Waals surface area contributed by atoms with Crippen molar-refractivity contribution >= 4 is 0 Å². The van der Waals surface area contributed by atoms with Crippen LogP contribution in [-0.4, -0.2) is 26.4 Å². The molecule has 0 saturated carbocycles. The van der Waals surface area contributed by atoms with Gasteiger partial charge < -0.3 is 9.47 Å². The largest absolute Gasteiger partial charge is 0.382 e. The Balaban J connectivity index is 1.86. The Labute approximate surface area is 84.8 Å². The van der Waals surface area contributed by atoms with Gasteiger partial charge in [-0.2, -0.15) is 0 Å². The minimum absolute atomic E-state index is 0.363. The van der Waals surface area contributed by atoms with E-state index in [1.54, 1.807) is 7.11 Å². The van der Waals surface area contributed by atoms with E-state index in [1.807, 2.05) is 0 Å². The molecule has 1 aliphatic rings. The molecule has 0 fully saturated rings. The summed E-state index contributed by atoms with van der Waals surface area (Å²) >= 11 is 0. The lowest BCUT2D eigenvalue weighted by molar-refractivity contribution is 0.0227. The lowest BCUT2D eigenvalue weighted by Crippen LogP contribution is -2.15. The van der Waals surface area contributed by atoms with Crippen LogP contribution in [0.25, 0.3) is 0 Å². The molecule has 0 bridgehead atoms. The quantitative estimate of drug-likeness (QED) is 0.677. The second-order valence-electron chi connectivity index (χ2n) is 3.66. The van der Waals surface area contributed by atoms with E-state index in [9.17, 15) is 0 Å². The molecule has 1 aromatic rings. The fourth-order valence-corrected chi connectivity index (χ4v) is 1.93. The highest BCUT2D eigenvalue weighted by molar-refractivity contribution is 5.32. The van der Waals surface area contributed by atoms with Gasteiger partial charge in [-0.3, -0.25) is 0 Å². The van der Waals surface area contributed by atoms with Gasteiger partial charge in [0.15, 0.2) is 0 Å². The normalized spacial score (nSPS) is 15.8. The van der Waals surface area contributed by atoms with Gasteiger partial charge in [0.25, 0.3) is 0 Å². The average Bonchev–Trinajstić information content (AvgIpc) is 2.60. The maximum Gasteiger partial charge on any atom is 0.0704 e. The van der Waals surface area contributed by atoms with Crippen LogP contribution in [0, 0.1) is 0 Å². The van der Waals surface area contributed by atoms with Gasteiger partial charge in [-0.05, 0) is 24.0 Å². The van der Waals surface area contributed by atoms with Crippen molar-refractivity contribution in [3.8, 4) is 0 Å². The highest BCUT2D eigenvalue weighted by atomic mass is 16.5. The van der Waals surface area contributed by atoms with E-state index < -0.39 is 0 Å². The van der Waals surface area contributed by atoms with Gasteiger partial charge in [0.2, 0.25) is 0 Å². The summed E-state index contributed by atoms with van der Waals surface area (Å²) < 4.78 is 10.7. The minimum Gasteiger partial charge on any atom is -0.382 e. The van der Waals surface area contributed by atoms with Crippen LogP contribution < -0.4 is 0 Å². The lowest BCUT2D eigenvalue weighted by atomic mass is 10.1. The fourth-order valence-electron chi connectivity index (χ4n) is 1.93. The molecule has 0 N–H and O–H groups in total. The van der Waals surface area contributed by atoms with Crippen LogP contribution in [0.1, 0.15) is 11.1 Å². The van der Waals surface area contributed by atoms with Crippen molar-refractivity contribution in [2.24, 2.45) is 0 Å². The van der Waals surface area contributed by atoms with Crippen LogP contribution in [0.4, 0.5) is 0 Å². The molecule has 2 rings (SSSR count). The van der Waals surface area contributed by atoms with Gasteiger partial charge >= 0.3 is 0 Å². The molecule has 0 aromatic heterocycles. The summed E-state index contributed by atoms with van der Waals surface area (Å²) in [6.07, 6.45) is 2.47. The SMILES string of the molecule is COCCOC1Cc2ccccc2C1. The zero-order chi connectivity index (χ0) is 9.80. The van der Waals surface area contributed by atoms with E-state index in [4.69, 9.17) is 9.47 Å². The third-order valence-corrected chi connectivity index (χ3v) is 2.65. The predicted molar refractivity (Wildman–Crippen MR) is 55.5 cm³/mol. The number of rotatable bonds is 4. The highest BCUT2D eigenvalue weighted by Gasteiger charge is 2.20. The third-order valence-electron chi connectivity index (χ3n) is 2.65. The lowest BCUT2D eigenvalue weighted by Gasteiger charge is -2.09. The zero-order valence-electron chi connectivity index (χ0n) is 8.53. The number of fused-ring (bicyclic) bond motifs is 1. The maximum atomic E-state index is 5.70. The van der Waals surface area contributed by atoms with E-state index in [0.717, 1.165) is 12.8 Å². The van der Waals surface area contributed by atoms with Crippen LogP contribution in [0.3, 0.4) is 0 Å². The molecule has 0 unspecified atom stereocenters. The smallest absolute Gasteiger partial charge is 0.0704 e. The summed E-state index contributed by atoms with van der Waals surface area (Å²) in [5.74, 6) is 0. The first-order chi connectivity index (χ1) is 6.90. The second-order valence-corrected chi connectivity index (χ2v) is 3.66. The number of hydrogen-bond acceptors (Lipinski definition) is 2. The fraction of sp³-hybridized carbons (Fsp3) is 0.500. The van der Waals surface area contributed by atoms with E-state index in [0.29, 0.717) is 19.3 Å². The van der Waals surface area contributed by atoms with Gasteiger partial charge in [-0.1, -0.05) is 24.3 Å². The average molecular weight is 192 g/mol. The van der Waals surface area contributed by atoms with Crippen LogP contribution in [-0.2, 0) is 22.3 Å². The summed E-state index contributed by atoms with van der Waals surface area (Å²) in [4.78, 5) is 0. The van der Waals surface area contributed by atoms with Crippen LogP contribution >= 0.6 is 0 Å². The highest BCUT2D eigenvalue weighted by Crippen LogP contribution is 2.23. The van der Waals surface area contributed by atoms with Crippen LogP contribution in [0.2, 0.25) is 0 Å². The first kappa shape index (κ1) is 9.69. The minimum atomic E-state index is 0.363. The monoisotopic (exact) mass is 192 g/mol. The molecule has 0 aliphatic heterocycles. The first-order valence-corrected chi connectivity index (χ1v) is 5.07. The summed E-state index contributed by atoms with van der Waals surface area (Å²) in [5.41, 5.74) is 2.88. The van der Waals surface area contributed by atoms with Crippen LogP contribution in [0.5, 0.6) is 0 Å². The molecule has 0 saturated heterocycles. The topological polar surface area (TPSA) is 18.5 Å². The Morgan fingerprint density at radius 1 is 1.14 bits per heavy atom. The number of methoxy groups -OCH3 is 1. The Kier molecular flexibility index (Phi) is 3.17. The van der Waals surface area contributed by atoms with Crippen molar-refractivity contribution in [2.75, 3.05) is 20.3 Å². The number of hydrogen-bond donors (Lipinski definition) is 0.